The van der Waals surface area contributed by atoms with Gasteiger partial charge in [-0.05, 0) is 70.8 Å². The van der Waals surface area contributed by atoms with Gasteiger partial charge >= 0.3 is 0 Å². The van der Waals surface area contributed by atoms with Crippen LogP contribution < -0.4 is 0 Å². The monoisotopic (exact) mass is 511 g/mol. The summed E-state index contributed by atoms with van der Waals surface area (Å²) in [6.45, 7) is 0. The lowest BCUT2D eigenvalue weighted by molar-refractivity contribution is 0.668. The van der Waals surface area contributed by atoms with Crippen molar-refractivity contribution in [1.29, 1.82) is 5.26 Å². The molecule has 0 aliphatic rings. The fraction of sp³-hybridized carbons (Fsp3) is 0. The molecule has 0 fully saturated rings. The minimum absolute atomic E-state index is 0.616. The Morgan fingerprint density at radius 3 is 1.40 bits per heavy atom. The van der Waals surface area contributed by atoms with Crippen molar-refractivity contribution in [2.45, 2.75) is 0 Å². The minimum atomic E-state index is 0.616. The van der Waals surface area contributed by atoms with E-state index in [1.807, 2.05) is 66.7 Å². The molecule has 186 valence electrons. The highest BCUT2D eigenvalue weighted by molar-refractivity contribution is 6.07. The number of hydrogen-bond acceptors (Lipinski definition) is 3. The van der Waals surface area contributed by atoms with Crippen LogP contribution >= 0.6 is 0 Å². The molecule has 0 N–H and O–H groups in total. The van der Waals surface area contributed by atoms with Crippen molar-refractivity contribution in [3.8, 4) is 39.4 Å². The average molecular weight is 512 g/mol. The second-order valence-electron chi connectivity index (χ2n) is 10.0. The Hall–Kier alpha value is -5.59. The van der Waals surface area contributed by atoms with Gasteiger partial charge in [0.25, 0.3) is 0 Å². The van der Waals surface area contributed by atoms with E-state index in [-0.39, 0.29) is 0 Å². The quantitative estimate of drug-likeness (QED) is 0.237. The van der Waals surface area contributed by atoms with Crippen LogP contribution in [-0.2, 0) is 0 Å². The molecule has 0 saturated carbocycles. The Labute approximate surface area is 230 Å². The van der Waals surface area contributed by atoms with Crippen LogP contribution in [0.15, 0.2) is 136 Å². The van der Waals surface area contributed by atoms with E-state index in [2.05, 4.69) is 66.7 Å². The van der Waals surface area contributed by atoms with Gasteiger partial charge in [-0.1, -0.05) is 78.9 Å². The predicted molar refractivity (Wildman–Crippen MR) is 162 cm³/mol. The summed E-state index contributed by atoms with van der Waals surface area (Å²) in [7, 11) is 0. The van der Waals surface area contributed by atoms with E-state index in [0.29, 0.717) is 5.56 Å². The van der Waals surface area contributed by atoms with E-state index in [4.69, 9.17) is 8.83 Å². The Morgan fingerprint density at radius 1 is 0.400 bits per heavy atom. The standard InChI is InChI=1S/C37H21NO2/c38-22-33-31(24-14-16-29-27-10-4-6-12-34(27)39-36(29)20-24)18-26(23-8-2-1-3-9-23)19-32(33)25-15-17-30-28-11-5-7-13-35(28)40-37(30)21-25/h1-21H. The first kappa shape index (κ1) is 22.4. The lowest BCUT2D eigenvalue weighted by Gasteiger charge is -2.14. The molecule has 2 heterocycles. The first-order valence-electron chi connectivity index (χ1n) is 13.2. The summed E-state index contributed by atoms with van der Waals surface area (Å²) in [4.78, 5) is 0. The van der Waals surface area contributed by atoms with Gasteiger partial charge in [0.15, 0.2) is 0 Å². The molecule has 0 saturated heterocycles. The lowest BCUT2D eigenvalue weighted by Crippen LogP contribution is -1.93. The number of fused-ring (bicyclic) bond motifs is 6. The smallest absolute Gasteiger partial charge is 0.136 e. The van der Waals surface area contributed by atoms with Crippen LogP contribution in [0.2, 0.25) is 0 Å². The predicted octanol–water partition coefficient (Wildman–Crippen LogP) is 10.4. The normalized spacial score (nSPS) is 11.5. The number of benzene rings is 6. The number of para-hydroxylation sites is 2. The Bertz CT molecular complexity index is 2140. The van der Waals surface area contributed by atoms with Gasteiger partial charge in [0.05, 0.1) is 5.56 Å². The van der Waals surface area contributed by atoms with E-state index in [9.17, 15) is 5.26 Å². The minimum Gasteiger partial charge on any atom is -0.456 e. The van der Waals surface area contributed by atoms with Crippen LogP contribution in [0.4, 0.5) is 0 Å². The molecular weight excluding hydrogens is 490 g/mol. The highest BCUT2D eigenvalue weighted by Gasteiger charge is 2.18. The van der Waals surface area contributed by atoms with Crippen molar-refractivity contribution >= 4 is 43.9 Å². The second kappa shape index (κ2) is 8.73. The molecule has 3 nitrogen and oxygen atoms in total. The molecule has 8 rings (SSSR count). The van der Waals surface area contributed by atoms with E-state index in [1.54, 1.807) is 0 Å². The fourth-order valence-corrected chi connectivity index (χ4v) is 5.80. The van der Waals surface area contributed by atoms with E-state index in [1.165, 1.54) is 0 Å². The molecule has 40 heavy (non-hydrogen) atoms. The third-order valence-corrected chi connectivity index (χ3v) is 7.74. The SMILES string of the molecule is N#Cc1c(-c2ccc3c(c2)oc2ccccc23)cc(-c2ccccc2)cc1-c1ccc2c(c1)oc1ccccc12. The van der Waals surface area contributed by atoms with Crippen molar-refractivity contribution in [3.05, 3.63) is 133 Å². The Morgan fingerprint density at radius 2 is 0.875 bits per heavy atom. The third-order valence-electron chi connectivity index (χ3n) is 7.74. The molecule has 0 spiro atoms. The van der Waals surface area contributed by atoms with Gasteiger partial charge in [-0.2, -0.15) is 5.26 Å². The van der Waals surface area contributed by atoms with E-state index in [0.717, 1.165) is 77.3 Å². The summed E-state index contributed by atoms with van der Waals surface area (Å²) in [5, 5.41) is 14.8. The van der Waals surface area contributed by atoms with Crippen LogP contribution in [0.25, 0.3) is 77.3 Å². The zero-order chi connectivity index (χ0) is 26.6. The van der Waals surface area contributed by atoms with Crippen LogP contribution in [0.1, 0.15) is 5.56 Å². The molecule has 6 aromatic carbocycles. The highest BCUT2D eigenvalue weighted by atomic mass is 16.3. The van der Waals surface area contributed by atoms with Gasteiger partial charge in [0.1, 0.15) is 28.4 Å². The number of rotatable bonds is 3. The van der Waals surface area contributed by atoms with Crippen molar-refractivity contribution in [2.75, 3.05) is 0 Å². The van der Waals surface area contributed by atoms with Crippen molar-refractivity contribution in [3.63, 3.8) is 0 Å². The number of hydrogen-bond donors (Lipinski definition) is 0. The molecular formula is C37H21NO2. The van der Waals surface area contributed by atoms with Gasteiger partial charge in [-0.15, -0.1) is 0 Å². The molecule has 0 aliphatic heterocycles. The van der Waals surface area contributed by atoms with Crippen LogP contribution in [0, 0.1) is 11.3 Å². The maximum Gasteiger partial charge on any atom is 0.136 e. The maximum absolute atomic E-state index is 10.5. The highest BCUT2D eigenvalue weighted by Crippen LogP contribution is 2.40. The number of nitrogens with zero attached hydrogens (tertiary/aromatic N) is 1. The average Bonchev–Trinajstić information content (AvgIpc) is 3.58. The van der Waals surface area contributed by atoms with Gasteiger partial charge in [0, 0.05) is 32.7 Å². The lowest BCUT2D eigenvalue weighted by atomic mass is 9.88. The molecule has 0 amide bonds. The Balaban J connectivity index is 1.39. The number of furan rings is 2. The summed E-state index contributed by atoms with van der Waals surface area (Å²) in [6.07, 6.45) is 0. The molecule has 0 aliphatic carbocycles. The molecule has 0 unspecified atom stereocenters. The largest absolute Gasteiger partial charge is 0.456 e. The maximum atomic E-state index is 10.5. The van der Waals surface area contributed by atoms with E-state index >= 15 is 0 Å². The van der Waals surface area contributed by atoms with Crippen LogP contribution in [0.3, 0.4) is 0 Å². The topological polar surface area (TPSA) is 50.1 Å². The Kier molecular flexibility index (Phi) is 4.89. The van der Waals surface area contributed by atoms with Crippen LogP contribution in [-0.4, -0.2) is 0 Å². The van der Waals surface area contributed by atoms with Crippen LogP contribution in [0.5, 0.6) is 0 Å². The van der Waals surface area contributed by atoms with Gasteiger partial charge in [0.2, 0.25) is 0 Å². The molecule has 2 aromatic heterocycles. The summed E-state index contributed by atoms with van der Waals surface area (Å²) in [5.74, 6) is 0. The summed E-state index contributed by atoms with van der Waals surface area (Å²) in [5.41, 5.74) is 9.67. The molecule has 0 atom stereocenters. The van der Waals surface area contributed by atoms with Gasteiger partial charge < -0.3 is 8.83 Å². The van der Waals surface area contributed by atoms with Crippen molar-refractivity contribution in [1.82, 2.24) is 0 Å². The first-order valence-corrected chi connectivity index (χ1v) is 13.2. The molecule has 8 aromatic rings. The van der Waals surface area contributed by atoms with Gasteiger partial charge in [-0.25, -0.2) is 0 Å². The first-order chi connectivity index (χ1) is 19.8. The van der Waals surface area contributed by atoms with Gasteiger partial charge in [-0.3, -0.25) is 0 Å². The van der Waals surface area contributed by atoms with Crippen molar-refractivity contribution < 1.29 is 8.83 Å². The number of nitriles is 1. The summed E-state index contributed by atoms with van der Waals surface area (Å²) >= 11 is 0. The summed E-state index contributed by atoms with van der Waals surface area (Å²) in [6, 6.07) is 45.6. The molecule has 0 bridgehead atoms. The van der Waals surface area contributed by atoms with E-state index < -0.39 is 0 Å². The molecule has 0 radical (unpaired) electrons. The van der Waals surface area contributed by atoms with Crippen molar-refractivity contribution in [2.24, 2.45) is 0 Å². The summed E-state index contributed by atoms with van der Waals surface area (Å²) < 4.78 is 12.4. The third kappa shape index (κ3) is 3.44. The zero-order valence-electron chi connectivity index (χ0n) is 21.4. The molecule has 3 heteroatoms. The zero-order valence-corrected chi connectivity index (χ0v) is 21.4. The fourth-order valence-electron chi connectivity index (χ4n) is 5.80. The second-order valence-corrected chi connectivity index (χ2v) is 10.0.